The first kappa shape index (κ1) is 17.8. The molecule has 0 aliphatic carbocycles. The number of aromatic nitrogens is 3. The lowest BCUT2D eigenvalue weighted by atomic mass is 10.1. The average molecular weight is 364 g/mol. The van der Waals surface area contributed by atoms with E-state index in [9.17, 15) is 9.90 Å². The first-order valence-corrected chi connectivity index (χ1v) is 8.78. The second kappa shape index (κ2) is 7.95. The van der Waals surface area contributed by atoms with Crippen LogP contribution in [0.2, 0.25) is 5.02 Å². The highest BCUT2D eigenvalue weighted by molar-refractivity contribution is 6.30. The summed E-state index contributed by atoms with van der Waals surface area (Å²) in [6.45, 7) is 3.84. The van der Waals surface area contributed by atoms with E-state index in [4.69, 9.17) is 11.6 Å². The van der Waals surface area contributed by atoms with Crippen molar-refractivity contribution in [2.45, 2.75) is 31.9 Å². The third kappa shape index (κ3) is 4.18. The number of hydrogen-bond acceptors (Lipinski definition) is 5. The molecule has 0 radical (unpaired) electrons. The van der Waals surface area contributed by atoms with Gasteiger partial charge >= 0.3 is 0 Å². The zero-order valence-electron chi connectivity index (χ0n) is 14.1. The highest BCUT2D eigenvalue weighted by Crippen LogP contribution is 2.20. The average Bonchev–Trinajstić information content (AvgIpc) is 3.02. The van der Waals surface area contributed by atoms with Gasteiger partial charge in [-0.25, -0.2) is 4.68 Å². The molecule has 2 heterocycles. The van der Waals surface area contributed by atoms with E-state index < -0.39 is 6.10 Å². The second-order valence-corrected chi connectivity index (χ2v) is 6.66. The molecule has 1 unspecified atom stereocenters. The number of carbonyl (C=O) groups excluding carboxylic acids is 1. The van der Waals surface area contributed by atoms with E-state index in [1.807, 2.05) is 11.6 Å². The molecule has 1 aromatic heterocycles. The normalized spacial score (nSPS) is 16.6. The number of rotatable bonds is 5. The molecule has 134 valence electrons. The number of piperidine rings is 1. The summed E-state index contributed by atoms with van der Waals surface area (Å²) in [7, 11) is 0. The summed E-state index contributed by atoms with van der Waals surface area (Å²) in [4.78, 5) is 12.4. The van der Waals surface area contributed by atoms with Gasteiger partial charge in [-0.2, -0.15) is 0 Å². The molecule has 1 atom stereocenters. The molecule has 1 fully saturated rings. The van der Waals surface area contributed by atoms with E-state index in [-0.39, 0.29) is 18.5 Å². The quantitative estimate of drug-likeness (QED) is 0.751. The Labute approximate surface area is 151 Å². The van der Waals surface area contributed by atoms with Crippen LogP contribution in [0.4, 0.5) is 0 Å². The summed E-state index contributed by atoms with van der Waals surface area (Å²) in [5.74, 6) is -0.328. The fourth-order valence-corrected chi connectivity index (χ4v) is 3.15. The standard InChI is InChI=1S/C17H22ClN5O2/c1-11-16(21-22-23(11)14-6-8-19-9-7-14)17(25)20-10-15(24)12-2-4-13(18)5-3-12/h2-5,14-15,19,24H,6-10H2,1H3,(H,20,25). The minimum atomic E-state index is -0.805. The third-order valence-corrected chi connectivity index (χ3v) is 4.76. The number of carbonyl (C=O) groups is 1. The maximum absolute atomic E-state index is 12.4. The van der Waals surface area contributed by atoms with E-state index in [2.05, 4.69) is 20.9 Å². The molecule has 0 bridgehead atoms. The summed E-state index contributed by atoms with van der Waals surface area (Å²) >= 11 is 5.83. The number of benzene rings is 1. The molecule has 3 N–H and O–H groups in total. The first-order chi connectivity index (χ1) is 12.1. The van der Waals surface area contributed by atoms with Gasteiger partial charge in [0.05, 0.1) is 17.8 Å². The van der Waals surface area contributed by atoms with Crippen molar-refractivity contribution < 1.29 is 9.90 Å². The largest absolute Gasteiger partial charge is 0.387 e. The van der Waals surface area contributed by atoms with Crippen molar-refractivity contribution in [2.24, 2.45) is 0 Å². The zero-order valence-corrected chi connectivity index (χ0v) is 14.8. The molecular formula is C17H22ClN5O2. The Balaban J connectivity index is 1.61. The van der Waals surface area contributed by atoms with Crippen LogP contribution in [0.3, 0.4) is 0 Å². The number of halogens is 1. The summed E-state index contributed by atoms with van der Waals surface area (Å²) in [5.41, 5.74) is 1.76. The molecule has 3 rings (SSSR count). The van der Waals surface area contributed by atoms with Crippen LogP contribution in [0.5, 0.6) is 0 Å². The van der Waals surface area contributed by atoms with Gasteiger partial charge in [0.1, 0.15) is 0 Å². The van der Waals surface area contributed by atoms with Crippen molar-refractivity contribution in [1.29, 1.82) is 0 Å². The molecule has 1 aliphatic heterocycles. The Morgan fingerprint density at radius 2 is 2.08 bits per heavy atom. The van der Waals surface area contributed by atoms with Gasteiger partial charge in [-0.1, -0.05) is 28.9 Å². The number of nitrogens with zero attached hydrogens (tertiary/aromatic N) is 3. The molecule has 0 saturated carbocycles. The van der Waals surface area contributed by atoms with Gasteiger partial charge in [0.2, 0.25) is 0 Å². The fraction of sp³-hybridized carbons (Fsp3) is 0.471. The third-order valence-electron chi connectivity index (χ3n) is 4.51. The van der Waals surface area contributed by atoms with Crippen molar-refractivity contribution >= 4 is 17.5 Å². The van der Waals surface area contributed by atoms with Crippen LogP contribution < -0.4 is 10.6 Å². The van der Waals surface area contributed by atoms with E-state index in [0.29, 0.717) is 16.3 Å². The number of nitrogens with one attached hydrogen (secondary N) is 2. The maximum Gasteiger partial charge on any atom is 0.273 e. The Bertz CT molecular complexity index is 725. The van der Waals surface area contributed by atoms with Crippen LogP contribution in [0.15, 0.2) is 24.3 Å². The van der Waals surface area contributed by atoms with Crippen molar-refractivity contribution in [3.63, 3.8) is 0 Å². The Kier molecular flexibility index (Phi) is 5.67. The number of amides is 1. The monoisotopic (exact) mass is 363 g/mol. The lowest BCUT2D eigenvalue weighted by Crippen LogP contribution is -2.31. The SMILES string of the molecule is Cc1c(C(=O)NCC(O)c2ccc(Cl)cc2)nnn1C1CCNCC1. The van der Waals surface area contributed by atoms with Gasteiger partial charge in [0.15, 0.2) is 5.69 Å². The van der Waals surface area contributed by atoms with Crippen LogP contribution in [0, 0.1) is 6.92 Å². The highest BCUT2D eigenvalue weighted by Gasteiger charge is 2.23. The number of aliphatic hydroxyl groups excluding tert-OH is 1. The number of aliphatic hydroxyl groups is 1. The van der Waals surface area contributed by atoms with E-state index >= 15 is 0 Å². The predicted octanol–water partition coefficient (Wildman–Crippen LogP) is 1.63. The topological polar surface area (TPSA) is 92.1 Å². The highest BCUT2D eigenvalue weighted by atomic mass is 35.5. The lowest BCUT2D eigenvalue weighted by molar-refractivity contribution is 0.0910. The summed E-state index contributed by atoms with van der Waals surface area (Å²) in [6.07, 6.45) is 1.14. The van der Waals surface area contributed by atoms with Gasteiger partial charge in [0, 0.05) is 11.6 Å². The van der Waals surface area contributed by atoms with Gasteiger partial charge in [0.25, 0.3) is 5.91 Å². The van der Waals surface area contributed by atoms with Gasteiger partial charge in [-0.05, 0) is 50.6 Å². The summed E-state index contributed by atoms with van der Waals surface area (Å²) < 4.78 is 1.84. The van der Waals surface area contributed by atoms with E-state index in [1.54, 1.807) is 24.3 Å². The summed E-state index contributed by atoms with van der Waals surface area (Å²) in [5, 5.41) is 25.0. The molecule has 1 saturated heterocycles. The van der Waals surface area contributed by atoms with Crippen LogP contribution in [0.25, 0.3) is 0 Å². The first-order valence-electron chi connectivity index (χ1n) is 8.40. The van der Waals surface area contributed by atoms with E-state index in [1.165, 1.54) is 0 Å². The van der Waals surface area contributed by atoms with Crippen molar-refractivity contribution in [2.75, 3.05) is 19.6 Å². The van der Waals surface area contributed by atoms with Crippen LogP contribution in [-0.2, 0) is 0 Å². The summed E-state index contributed by atoms with van der Waals surface area (Å²) in [6, 6.07) is 7.15. The van der Waals surface area contributed by atoms with Crippen LogP contribution in [0.1, 0.15) is 46.7 Å². The second-order valence-electron chi connectivity index (χ2n) is 6.23. The number of hydrogen-bond donors (Lipinski definition) is 3. The van der Waals surface area contributed by atoms with Crippen LogP contribution in [-0.4, -0.2) is 45.6 Å². The molecule has 25 heavy (non-hydrogen) atoms. The smallest absolute Gasteiger partial charge is 0.273 e. The van der Waals surface area contributed by atoms with Gasteiger partial charge in [-0.15, -0.1) is 5.10 Å². The molecule has 7 nitrogen and oxygen atoms in total. The Morgan fingerprint density at radius 1 is 1.40 bits per heavy atom. The molecule has 1 amide bonds. The molecule has 8 heteroatoms. The Morgan fingerprint density at radius 3 is 2.76 bits per heavy atom. The molecule has 2 aromatic rings. The van der Waals surface area contributed by atoms with Crippen LogP contribution >= 0.6 is 11.6 Å². The van der Waals surface area contributed by atoms with E-state index in [0.717, 1.165) is 31.6 Å². The minimum Gasteiger partial charge on any atom is -0.387 e. The molecule has 1 aromatic carbocycles. The minimum absolute atomic E-state index is 0.0973. The van der Waals surface area contributed by atoms with Crippen molar-refractivity contribution in [3.05, 3.63) is 46.2 Å². The van der Waals surface area contributed by atoms with Crippen molar-refractivity contribution in [3.8, 4) is 0 Å². The van der Waals surface area contributed by atoms with Gasteiger partial charge in [-0.3, -0.25) is 4.79 Å². The lowest BCUT2D eigenvalue weighted by Gasteiger charge is -2.23. The fourth-order valence-electron chi connectivity index (χ4n) is 3.02. The molecule has 1 aliphatic rings. The zero-order chi connectivity index (χ0) is 17.8. The molecular weight excluding hydrogens is 342 g/mol. The Hall–Kier alpha value is -1.96. The van der Waals surface area contributed by atoms with Gasteiger partial charge < -0.3 is 15.7 Å². The maximum atomic E-state index is 12.4. The van der Waals surface area contributed by atoms with Crippen molar-refractivity contribution in [1.82, 2.24) is 25.6 Å². The predicted molar refractivity (Wildman–Crippen MR) is 94.6 cm³/mol. The molecule has 0 spiro atoms.